The van der Waals surface area contributed by atoms with Gasteiger partial charge >= 0.3 is 5.91 Å². The van der Waals surface area contributed by atoms with Crippen LogP contribution in [0.1, 0.15) is 17.1 Å². The number of nitrogens with zero attached hydrogens (tertiary/aromatic N) is 2. The van der Waals surface area contributed by atoms with Gasteiger partial charge in [0.15, 0.2) is 15.6 Å². The van der Waals surface area contributed by atoms with Crippen LogP contribution in [0.4, 0.5) is 0 Å². The lowest BCUT2D eigenvalue weighted by molar-refractivity contribution is 0.0754. The average molecular weight is 320 g/mol. The summed E-state index contributed by atoms with van der Waals surface area (Å²) < 4.78 is 28.6. The maximum absolute atomic E-state index is 12.3. The molecule has 1 aromatic heterocycles. The Morgan fingerprint density at radius 1 is 1.32 bits per heavy atom. The molecule has 7 heteroatoms. The molecule has 2 heterocycles. The zero-order chi connectivity index (χ0) is 15.7. The highest BCUT2D eigenvalue weighted by Crippen LogP contribution is 2.22. The van der Waals surface area contributed by atoms with Crippen LogP contribution in [0.15, 0.2) is 40.9 Å². The lowest BCUT2D eigenvalue weighted by Crippen LogP contribution is -2.31. The summed E-state index contributed by atoms with van der Waals surface area (Å²) in [6.45, 7) is 0.598. The predicted molar refractivity (Wildman–Crippen MR) is 81.1 cm³/mol. The summed E-state index contributed by atoms with van der Waals surface area (Å²) in [7, 11) is -3.13. The van der Waals surface area contributed by atoms with Gasteiger partial charge in [0.1, 0.15) is 0 Å². The third kappa shape index (κ3) is 2.89. The molecule has 0 aliphatic carbocycles. The molecule has 0 N–H and O–H groups in total. The van der Waals surface area contributed by atoms with Crippen molar-refractivity contribution in [2.75, 3.05) is 19.3 Å². The molecule has 1 fully saturated rings. The van der Waals surface area contributed by atoms with Gasteiger partial charge in [-0.1, -0.05) is 30.3 Å². The zero-order valence-electron chi connectivity index (χ0n) is 12.1. The van der Waals surface area contributed by atoms with Gasteiger partial charge in [0, 0.05) is 24.9 Å². The monoisotopic (exact) mass is 320 g/mol. The van der Waals surface area contributed by atoms with Gasteiger partial charge in [0.25, 0.3) is 5.89 Å². The second kappa shape index (κ2) is 5.57. The summed E-state index contributed by atoms with van der Waals surface area (Å²) in [6, 6.07) is 9.36. The number of likely N-dealkylation sites (tertiary alicyclic amines) is 1. The molecule has 0 radical (unpaired) electrons. The predicted octanol–water partition coefficient (Wildman–Crippen LogP) is 1.60. The molecule has 1 aliphatic heterocycles. The Hall–Kier alpha value is -2.15. The van der Waals surface area contributed by atoms with Gasteiger partial charge < -0.3 is 9.32 Å². The SMILES string of the molecule is CS(=O)(=O)C1CCN(C(=O)c2ncc(-c3ccccc3)o2)C1. The highest BCUT2D eigenvalue weighted by atomic mass is 32.2. The summed E-state index contributed by atoms with van der Waals surface area (Å²) in [5.74, 6) is 0.143. The Kier molecular flexibility index (Phi) is 3.74. The van der Waals surface area contributed by atoms with E-state index in [4.69, 9.17) is 4.42 Å². The fraction of sp³-hybridized carbons (Fsp3) is 0.333. The van der Waals surface area contributed by atoms with Crippen molar-refractivity contribution >= 4 is 15.7 Å². The van der Waals surface area contributed by atoms with Crippen molar-refractivity contribution in [3.8, 4) is 11.3 Å². The van der Waals surface area contributed by atoms with Crippen molar-refractivity contribution in [2.24, 2.45) is 0 Å². The highest BCUT2D eigenvalue weighted by Gasteiger charge is 2.34. The van der Waals surface area contributed by atoms with E-state index >= 15 is 0 Å². The molecule has 0 saturated carbocycles. The van der Waals surface area contributed by atoms with E-state index in [1.165, 1.54) is 17.4 Å². The largest absolute Gasteiger partial charge is 0.432 e. The van der Waals surface area contributed by atoms with Crippen LogP contribution < -0.4 is 0 Å². The Labute approximate surface area is 128 Å². The van der Waals surface area contributed by atoms with E-state index in [1.54, 1.807) is 0 Å². The number of sulfone groups is 1. The number of aromatic nitrogens is 1. The number of oxazole rings is 1. The normalized spacial score (nSPS) is 18.6. The Bertz CT molecular complexity index is 783. The first-order chi connectivity index (χ1) is 10.4. The van der Waals surface area contributed by atoms with Gasteiger partial charge in [0.05, 0.1) is 11.4 Å². The molecule has 2 aromatic rings. The quantitative estimate of drug-likeness (QED) is 0.858. The molecule has 1 saturated heterocycles. The van der Waals surface area contributed by atoms with Gasteiger partial charge in [-0.25, -0.2) is 13.4 Å². The lowest BCUT2D eigenvalue weighted by Gasteiger charge is -2.13. The van der Waals surface area contributed by atoms with Crippen LogP contribution in [0.25, 0.3) is 11.3 Å². The first kappa shape index (κ1) is 14.8. The van der Waals surface area contributed by atoms with Crippen molar-refractivity contribution in [2.45, 2.75) is 11.7 Å². The van der Waals surface area contributed by atoms with E-state index in [0.717, 1.165) is 5.56 Å². The second-order valence-electron chi connectivity index (χ2n) is 5.39. The van der Waals surface area contributed by atoms with E-state index < -0.39 is 15.1 Å². The third-order valence-electron chi connectivity index (χ3n) is 3.78. The van der Waals surface area contributed by atoms with Crippen LogP contribution in [0.2, 0.25) is 0 Å². The van der Waals surface area contributed by atoms with Crippen molar-refractivity contribution in [3.63, 3.8) is 0 Å². The molecule has 116 valence electrons. The molecule has 22 heavy (non-hydrogen) atoms. The molecule has 0 spiro atoms. The first-order valence-electron chi connectivity index (χ1n) is 6.94. The summed E-state index contributed by atoms with van der Waals surface area (Å²) >= 11 is 0. The minimum atomic E-state index is -3.13. The van der Waals surface area contributed by atoms with Crippen molar-refractivity contribution in [1.29, 1.82) is 0 Å². The Balaban J connectivity index is 1.76. The van der Waals surface area contributed by atoms with Gasteiger partial charge in [0.2, 0.25) is 0 Å². The third-order valence-corrected chi connectivity index (χ3v) is 5.38. The molecule has 3 rings (SSSR count). The van der Waals surface area contributed by atoms with Crippen LogP contribution in [0, 0.1) is 0 Å². The maximum Gasteiger partial charge on any atom is 0.309 e. The number of hydrogen-bond donors (Lipinski definition) is 0. The van der Waals surface area contributed by atoms with Crippen molar-refractivity contribution < 1.29 is 17.6 Å². The zero-order valence-corrected chi connectivity index (χ0v) is 12.9. The minimum Gasteiger partial charge on any atom is -0.432 e. The summed E-state index contributed by atoms with van der Waals surface area (Å²) in [5.41, 5.74) is 0.837. The summed E-state index contributed by atoms with van der Waals surface area (Å²) in [4.78, 5) is 17.8. The molecule has 1 aliphatic rings. The minimum absolute atomic E-state index is 0.00648. The van der Waals surface area contributed by atoms with E-state index in [9.17, 15) is 13.2 Å². The maximum atomic E-state index is 12.3. The number of carbonyl (C=O) groups excluding carboxylic acids is 1. The topological polar surface area (TPSA) is 80.5 Å². The van der Waals surface area contributed by atoms with Crippen LogP contribution in [-0.2, 0) is 9.84 Å². The molecule has 1 unspecified atom stereocenters. The molecule has 1 amide bonds. The number of carbonyl (C=O) groups is 1. The fourth-order valence-corrected chi connectivity index (χ4v) is 3.49. The molecular weight excluding hydrogens is 304 g/mol. The number of amides is 1. The van der Waals surface area contributed by atoms with Crippen LogP contribution >= 0.6 is 0 Å². The number of rotatable bonds is 3. The van der Waals surface area contributed by atoms with Crippen molar-refractivity contribution in [1.82, 2.24) is 9.88 Å². The van der Waals surface area contributed by atoms with Gasteiger partial charge in [-0.3, -0.25) is 4.79 Å². The molecule has 1 aromatic carbocycles. The van der Waals surface area contributed by atoms with Crippen LogP contribution in [-0.4, -0.2) is 48.8 Å². The van der Waals surface area contributed by atoms with E-state index in [0.29, 0.717) is 18.7 Å². The van der Waals surface area contributed by atoms with Crippen molar-refractivity contribution in [3.05, 3.63) is 42.4 Å². The number of hydrogen-bond acceptors (Lipinski definition) is 5. The van der Waals surface area contributed by atoms with Gasteiger partial charge in [-0.2, -0.15) is 0 Å². The van der Waals surface area contributed by atoms with E-state index in [-0.39, 0.29) is 18.3 Å². The Morgan fingerprint density at radius 3 is 2.68 bits per heavy atom. The van der Waals surface area contributed by atoms with Gasteiger partial charge in [-0.15, -0.1) is 0 Å². The highest BCUT2D eigenvalue weighted by molar-refractivity contribution is 7.91. The fourth-order valence-electron chi connectivity index (χ4n) is 2.51. The summed E-state index contributed by atoms with van der Waals surface area (Å²) in [5, 5.41) is -0.500. The summed E-state index contributed by atoms with van der Waals surface area (Å²) in [6.07, 6.45) is 3.16. The smallest absolute Gasteiger partial charge is 0.309 e. The Morgan fingerprint density at radius 2 is 2.05 bits per heavy atom. The molecule has 6 nitrogen and oxygen atoms in total. The van der Waals surface area contributed by atoms with Gasteiger partial charge in [-0.05, 0) is 6.42 Å². The molecular formula is C15H16N2O4S. The van der Waals surface area contributed by atoms with E-state index in [2.05, 4.69) is 4.98 Å². The second-order valence-corrected chi connectivity index (χ2v) is 7.71. The molecule has 0 bridgehead atoms. The average Bonchev–Trinajstić information content (AvgIpc) is 3.16. The molecule has 1 atom stereocenters. The van der Waals surface area contributed by atoms with Crippen LogP contribution in [0.3, 0.4) is 0 Å². The van der Waals surface area contributed by atoms with E-state index in [1.807, 2.05) is 30.3 Å². The van der Waals surface area contributed by atoms with Crippen LogP contribution in [0.5, 0.6) is 0 Å². The lowest BCUT2D eigenvalue weighted by atomic mass is 10.2. The first-order valence-corrected chi connectivity index (χ1v) is 8.90. The standard InChI is InChI=1S/C15H16N2O4S/c1-22(19,20)12-7-8-17(10-12)15(18)14-16-9-13(21-14)11-5-3-2-4-6-11/h2-6,9,12H,7-8,10H2,1H3. The number of benzene rings is 1.